The molecule has 0 saturated heterocycles. The maximum absolute atomic E-state index is 4.72. The van der Waals surface area contributed by atoms with E-state index in [-0.39, 0.29) is 5.41 Å². The lowest BCUT2D eigenvalue weighted by Crippen LogP contribution is -2.12. The van der Waals surface area contributed by atoms with Gasteiger partial charge in [0.05, 0.1) is 5.69 Å². The smallest absolute Gasteiger partial charge is 0.136 e. The van der Waals surface area contributed by atoms with Gasteiger partial charge in [-0.05, 0) is 12.8 Å². The summed E-state index contributed by atoms with van der Waals surface area (Å²) in [7, 11) is 1.95. The predicted octanol–water partition coefficient (Wildman–Crippen LogP) is 2.32. The minimum atomic E-state index is 0.272. The Morgan fingerprint density at radius 1 is 1.27 bits per heavy atom. The number of thioether (sulfide) groups is 1. The van der Waals surface area contributed by atoms with Gasteiger partial charge in [-0.25, -0.2) is 9.97 Å². The van der Waals surface area contributed by atoms with E-state index in [0.717, 1.165) is 23.1 Å². The van der Waals surface area contributed by atoms with Crippen LogP contribution < -0.4 is 5.32 Å². The SMILES string of the molecule is CNc1nc(C2(C)CC2)nc2c1CSC2. The third kappa shape index (κ3) is 1.42. The Kier molecular flexibility index (Phi) is 1.96. The second kappa shape index (κ2) is 3.11. The summed E-state index contributed by atoms with van der Waals surface area (Å²) >= 11 is 1.93. The zero-order valence-electron chi connectivity index (χ0n) is 9.13. The summed E-state index contributed by atoms with van der Waals surface area (Å²) in [5.41, 5.74) is 2.84. The van der Waals surface area contributed by atoms with E-state index in [0.29, 0.717) is 0 Å². The average molecular weight is 221 g/mol. The van der Waals surface area contributed by atoms with Crippen LogP contribution in [0.3, 0.4) is 0 Å². The summed E-state index contributed by atoms with van der Waals surface area (Å²) in [4.78, 5) is 9.38. The first-order valence-electron chi connectivity index (χ1n) is 5.39. The molecule has 1 N–H and O–H groups in total. The molecule has 4 heteroatoms. The molecule has 3 nitrogen and oxygen atoms in total. The number of anilines is 1. The van der Waals surface area contributed by atoms with Gasteiger partial charge in [0.2, 0.25) is 0 Å². The Balaban J connectivity index is 2.11. The molecule has 1 fully saturated rings. The van der Waals surface area contributed by atoms with E-state index in [9.17, 15) is 0 Å². The largest absolute Gasteiger partial charge is 0.373 e. The fourth-order valence-electron chi connectivity index (χ4n) is 1.94. The summed E-state index contributed by atoms with van der Waals surface area (Å²) in [5, 5.41) is 3.20. The minimum absolute atomic E-state index is 0.272. The van der Waals surface area contributed by atoms with Crippen molar-refractivity contribution < 1.29 is 0 Å². The second-order valence-electron chi connectivity index (χ2n) is 4.62. The van der Waals surface area contributed by atoms with E-state index < -0.39 is 0 Å². The van der Waals surface area contributed by atoms with Crippen LogP contribution in [0.4, 0.5) is 5.82 Å². The molecule has 0 aromatic carbocycles. The lowest BCUT2D eigenvalue weighted by molar-refractivity contribution is 0.702. The molecule has 1 saturated carbocycles. The Bertz CT molecular complexity index is 413. The summed E-state index contributed by atoms with van der Waals surface area (Å²) in [6.07, 6.45) is 2.48. The van der Waals surface area contributed by atoms with Gasteiger partial charge in [-0.15, -0.1) is 0 Å². The van der Waals surface area contributed by atoms with Gasteiger partial charge in [0.25, 0.3) is 0 Å². The molecule has 3 rings (SSSR count). The predicted molar refractivity (Wildman–Crippen MR) is 63.2 cm³/mol. The highest BCUT2D eigenvalue weighted by Crippen LogP contribution is 2.47. The number of fused-ring (bicyclic) bond motifs is 1. The van der Waals surface area contributed by atoms with E-state index in [1.165, 1.54) is 24.1 Å². The highest BCUT2D eigenvalue weighted by Gasteiger charge is 2.43. The topological polar surface area (TPSA) is 37.8 Å². The van der Waals surface area contributed by atoms with Crippen molar-refractivity contribution in [2.75, 3.05) is 12.4 Å². The third-order valence-electron chi connectivity index (χ3n) is 3.35. The van der Waals surface area contributed by atoms with Crippen molar-refractivity contribution in [1.82, 2.24) is 9.97 Å². The van der Waals surface area contributed by atoms with Crippen molar-refractivity contribution in [2.45, 2.75) is 36.7 Å². The van der Waals surface area contributed by atoms with E-state index in [1.807, 2.05) is 18.8 Å². The molecular weight excluding hydrogens is 206 g/mol. The summed E-state index contributed by atoms with van der Waals surface area (Å²) in [6, 6.07) is 0. The van der Waals surface area contributed by atoms with E-state index >= 15 is 0 Å². The van der Waals surface area contributed by atoms with E-state index in [4.69, 9.17) is 4.98 Å². The van der Waals surface area contributed by atoms with Gasteiger partial charge in [0.15, 0.2) is 0 Å². The maximum Gasteiger partial charge on any atom is 0.136 e. The number of nitrogens with one attached hydrogen (secondary N) is 1. The molecule has 1 aromatic rings. The first-order chi connectivity index (χ1) is 7.23. The maximum atomic E-state index is 4.72. The molecule has 0 spiro atoms. The summed E-state index contributed by atoms with van der Waals surface area (Å²) < 4.78 is 0. The molecule has 0 radical (unpaired) electrons. The van der Waals surface area contributed by atoms with Gasteiger partial charge in [0.1, 0.15) is 11.6 Å². The van der Waals surface area contributed by atoms with Crippen molar-refractivity contribution in [2.24, 2.45) is 0 Å². The fourth-order valence-corrected chi connectivity index (χ4v) is 2.98. The molecule has 1 aromatic heterocycles. The lowest BCUT2D eigenvalue weighted by atomic mass is 10.1. The molecule has 1 aliphatic heterocycles. The molecule has 0 amide bonds. The molecule has 2 aliphatic rings. The highest BCUT2D eigenvalue weighted by atomic mass is 32.2. The van der Waals surface area contributed by atoms with Crippen molar-refractivity contribution in [3.8, 4) is 0 Å². The average Bonchev–Trinajstić information content (AvgIpc) is 2.82. The first kappa shape index (κ1) is 9.46. The highest BCUT2D eigenvalue weighted by molar-refractivity contribution is 7.98. The number of rotatable bonds is 2. The van der Waals surface area contributed by atoms with Gasteiger partial charge in [-0.2, -0.15) is 11.8 Å². The first-order valence-corrected chi connectivity index (χ1v) is 6.54. The lowest BCUT2D eigenvalue weighted by Gasteiger charge is -2.12. The van der Waals surface area contributed by atoms with Gasteiger partial charge < -0.3 is 5.32 Å². The standard InChI is InChI=1S/C11H15N3S/c1-11(3-4-11)10-13-8-6-15-5-7(8)9(12-2)14-10/h3-6H2,1-2H3,(H,12,13,14). The van der Waals surface area contributed by atoms with Crippen molar-refractivity contribution in [3.63, 3.8) is 0 Å². The second-order valence-corrected chi connectivity index (χ2v) is 5.61. The van der Waals surface area contributed by atoms with Crippen LogP contribution in [0, 0.1) is 0 Å². The summed E-state index contributed by atoms with van der Waals surface area (Å²) in [6.45, 7) is 2.26. The monoisotopic (exact) mass is 221 g/mol. The fraction of sp³-hybridized carbons (Fsp3) is 0.636. The van der Waals surface area contributed by atoms with Gasteiger partial charge in [-0.1, -0.05) is 6.92 Å². The Morgan fingerprint density at radius 2 is 2.07 bits per heavy atom. The molecule has 15 heavy (non-hydrogen) atoms. The molecule has 2 heterocycles. The van der Waals surface area contributed by atoms with Gasteiger partial charge in [-0.3, -0.25) is 0 Å². The van der Waals surface area contributed by atoms with E-state index in [2.05, 4.69) is 17.2 Å². The van der Waals surface area contributed by atoms with Crippen LogP contribution in [0.2, 0.25) is 0 Å². The van der Waals surface area contributed by atoms with Crippen LogP contribution in [0.25, 0.3) is 0 Å². The zero-order chi connectivity index (χ0) is 10.5. The van der Waals surface area contributed by atoms with Crippen LogP contribution >= 0.6 is 11.8 Å². The van der Waals surface area contributed by atoms with Crippen LogP contribution in [-0.2, 0) is 16.9 Å². The quantitative estimate of drug-likeness (QED) is 0.831. The molecular formula is C11H15N3S. The number of nitrogens with zero attached hydrogens (tertiary/aromatic N) is 2. The Morgan fingerprint density at radius 3 is 2.73 bits per heavy atom. The van der Waals surface area contributed by atoms with Crippen molar-refractivity contribution in [1.29, 1.82) is 0 Å². The number of aromatic nitrogens is 2. The zero-order valence-corrected chi connectivity index (χ0v) is 9.95. The summed E-state index contributed by atoms with van der Waals surface area (Å²) in [5.74, 6) is 4.21. The van der Waals surface area contributed by atoms with Crippen molar-refractivity contribution in [3.05, 3.63) is 17.1 Å². The molecule has 0 bridgehead atoms. The molecule has 1 aliphatic carbocycles. The molecule has 0 atom stereocenters. The van der Waals surface area contributed by atoms with Crippen LogP contribution in [-0.4, -0.2) is 17.0 Å². The molecule has 0 unspecified atom stereocenters. The van der Waals surface area contributed by atoms with Crippen molar-refractivity contribution >= 4 is 17.6 Å². The van der Waals surface area contributed by atoms with E-state index in [1.54, 1.807) is 0 Å². The number of hydrogen-bond acceptors (Lipinski definition) is 4. The van der Waals surface area contributed by atoms with Crippen LogP contribution in [0.1, 0.15) is 36.8 Å². The van der Waals surface area contributed by atoms with Gasteiger partial charge >= 0.3 is 0 Å². The molecule has 80 valence electrons. The van der Waals surface area contributed by atoms with Crippen LogP contribution in [0.5, 0.6) is 0 Å². The Labute approximate surface area is 94.1 Å². The number of hydrogen-bond donors (Lipinski definition) is 1. The normalized spacial score (nSPS) is 21.2. The van der Waals surface area contributed by atoms with Crippen LogP contribution in [0.15, 0.2) is 0 Å². The minimum Gasteiger partial charge on any atom is -0.373 e. The Hall–Kier alpha value is -0.770. The van der Waals surface area contributed by atoms with Gasteiger partial charge in [0, 0.05) is 29.5 Å². The third-order valence-corrected chi connectivity index (χ3v) is 4.32.